The highest BCUT2D eigenvalue weighted by Crippen LogP contribution is 2.05. The summed E-state index contributed by atoms with van der Waals surface area (Å²) in [5, 5.41) is 3.57. The van der Waals surface area contributed by atoms with Crippen LogP contribution in [0.25, 0.3) is 0 Å². The van der Waals surface area contributed by atoms with Gasteiger partial charge in [-0.15, -0.1) is 0 Å². The predicted molar refractivity (Wildman–Crippen MR) is 90.4 cm³/mol. The zero-order valence-corrected chi connectivity index (χ0v) is 14.2. The van der Waals surface area contributed by atoms with Crippen molar-refractivity contribution in [2.24, 2.45) is 0 Å². The molecular formula is C18H39NO. The first-order chi connectivity index (χ1) is 9.91. The lowest BCUT2D eigenvalue weighted by Crippen LogP contribution is -2.16. The maximum atomic E-state index is 4.50. The molecular weight excluding hydrogens is 246 g/mol. The molecule has 1 rings (SSSR count). The van der Waals surface area contributed by atoms with Gasteiger partial charge in [0.05, 0.1) is 13.2 Å². The van der Waals surface area contributed by atoms with Crippen molar-refractivity contribution in [2.75, 3.05) is 26.3 Å². The van der Waals surface area contributed by atoms with E-state index < -0.39 is 0 Å². The lowest BCUT2D eigenvalue weighted by Gasteiger charge is -2.04. The van der Waals surface area contributed by atoms with Gasteiger partial charge < -0.3 is 10.1 Å². The molecule has 0 bridgehead atoms. The van der Waals surface area contributed by atoms with Crippen LogP contribution in [-0.2, 0) is 4.74 Å². The number of hydrogen-bond donors (Lipinski definition) is 1. The van der Waals surface area contributed by atoms with Gasteiger partial charge in [-0.25, -0.2) is 0 Å². The molecule has 0 atom stereocenters. The van der Waals surface area contributed by atoms with E-state index in [1.807, 2.05) is 0 Å². The van der Waals surface area contributed by atoms with Crippen molar-refractivity contribution in [3.63, 3.8) is 0 Å². The second-order valence-corrected chi connectivity index (χ2v) is 5.90. The molecule has 0 unspecified atom stereocenters. The topological polar surface area (TPSA) is 24.6 Å². The molecule has 1 N–H and O–H groups in total. The van der Waals surface area contributed by atoms with Crippen molar-refractivity contribution in [3.8, 4) is 0 Å². The van der Waals surface area contributed by atoms with Crippen LogP contribution >= 0.6 is 0 Å². The predicted octanol–water partition coefficient (Wildman–Crippen LogP) is 5.31. The molecule has 1 saturated heterocycles. The van der Waals surface area contributed by atoms with Crippen LogP contribution in [0, 0.1) is 0 Å². The van der Waals surface area contributed by atoms with E-state index in [4.69, 9.17) is 0 Å². The summed E-state index contributed by atoms with van der Waals surface area (Å²) in [5.74, 6) is 0. The molecule has 0 saturated carbocycles. The van der Waals surface area contributed by atoms with Crippen LogP contribution in [0.2, 0.25) is 0 Å². The van der Waals surface area contributed by atoms with Crippen LogP contribution < -0.4 is 5.32 Å². The van der Waals surface area contributed by atoms with Gasteiger partial charge in [-0.2, -0.15) is 0 Å². The summed E-state index contributed by atoms with van der Waals surface area (Å²) in [6.07, 6.45) is 16.9. The molecule has 0 radical (unpaired) electrons. The van der Waals surface area contributed by atoms with Crippen molar-refractivity contribution in [1.29, 1.82) is 0 Å². The lowest BCUT2D eigenvalue weighted by atomic mass is 10.1. The molecule has 0 spiro atoms. The summed E-state index contributed by atoms with van der Waals surface area (Å²) in [4.78, 5) is 0. The van der Waals surface area contributed by atoms with E-state index in [2.05, 4.69) is 23.9 Å². The Balaban J connectivity index is 0.00000105. The highest BCUT2D eigenvalue weighted by atomic mass is 16.6. The molecule has 1 aliphatic heterocycles. The Hall–Kier alpha value is -0.0800. The van der Waals surface area contributed by atoms with Gasteiger partial charge in [0.15, 0.2) is 0 Å². The van der Waals surface area contributed by atoms with E-state index in [9.17, 15) is 0 Å². The smallest absolute Gasteiger partial charge is 0.0701 e. The number of epoxide rings is 1. The van der Waals surface area contributed by atoms with Crippen LogP contribution in [0.4, 0.5) is 0 Å². The maximum absolute atomic E-state index is 4.50. The number of hydrogen-bond acceptors (Lipinski definition) is 2. The first-order valence-electron chi connectivity index (χ1n) is 9.20. The average molecular weight is 286 g/mol. The molecule has 0 aromatic heterocycles. The molecule has 122 valence electrons. The largest absolute Gasteiger partial charge is 0.377 e. The van der Waals surface area contributed by atoms with Crippen LogP contribution in [0.1, 0.15) is 90.9 Å². The van der Waals surface area contributed by atoms with Crippen molar-refractivity contribution in [2.45, 2.75) is 90.9 Å². The molecule has 1 fully saturated rings. The van der Waals surface area contributed by atoms with Gasteiger partial charge in [-0.3, -0.25) is 0 Å². The molecule has 0 aromatic rings. The fraction of sp³-hybridized carbons (Fsp3) is 1.00. The van der Waals surface area contributed by atoms with Gasteiger partial charge in [0.25, 0.3) is 0 Å². The van der Waals surface area contributed by atoms with Crippen molar-refractivity contribution >= 4 is 0 Å². The van der Waals surface area contributed by atoms with E-state index in [-0.39, 0.29) is 0 Å². The van der Waals surface area contributed by atoms with Gasteiger partial charge in [0.1, 0.15) is 0 Å². The third kappa shape index (κ3) is 23.0. The minimum atomic E-state index is 1.00. The third-order valence-electron chi connectivity index (χ3n) is 3.62. The molecule has 0 aromatic carbocycles. The van der Waals surface area contributed by atoms with Crippen LogP contribution in [0.15, 0.2) is 0 Å². The van der Waals surface area contributed by atoms with Gasteiger partial charge >= 0.3 is 0 Å². The Labute approximate surface area is 128 Å². The Kier molecular flexibility index (Phi) is 18.8. The minimum absolute atomic E-state index is 1.00. The maximum Gasteiger partial charge on any atom is 0.0701 e. The molecule has 0 aliphatic carbocycles. The summed E-state index contributed by atoms with van der Waals surface area (Å²) in [6.45, 7) is 9.03. The monoisotopic (exact) mass is 285 g/mol. The van der Waals surface area contributed by atoms with Crippen LogP contribution in [0.5, 0.6) is 0 Å². The van der Waals surface area contributed by atoms with E-state index >= 15 is 0 Å². The zero-order valence-electron chi connectivity index (χ0n) is 14.2. The SMILES string of the molecule is C1CO1.CCCCCCCCNCCCCCCCC. The summed E-state index contributed by atoms with van der Waals surface area (Å²) >= 11 is 0. The highest BCUT2D eigenvalue weighted by Gasteiger charge is 1.94. The first-order valence-corrected chi connectivity index (χ1v) is 9.20. The zero-order chi connectivity index (χ0) is 14.7. The van der Waals surface area contributed by atoms with Gasteiger partial charge in [-0.1, -0.05) is 78.1 Å². The second-order valence-electron chi connectivity index (χ2n) is 5.90. The Morgan fingerprint density at radius 2 is 0.950 bits per heavy atom. The number of unbranched alkanes of at least 4 members (excludes halogenated alkanes) is 10. The standard InChI is InChI=1S/C16H35N.C2H4O/c1-3-5-7-9-11-13-15-17-16-14-12-10-8-6-4-2;1-2-3-1/h17H,3-16H2,1-2H3;1-2H2. The van der Waals surface area contributed by atoms with E-state index in [0.717, 1.165) is 13.2 Å². The Bertz CT molecular complexity index is 143. The van der Waals surface area contributed by atoms with Crippen molar-refractivity contribution in [1.82, 2.24) is 5.32 Å². The highest BCUT2D eigenvalue weighted by molar-refractivity contribution is 4.51. The molecule has 2 nitrogen and oxygen atoms in total. The van der Waals surface area contributed by atoms with Crippen LogP contribution in [-0.4, -0.2) is 26.3 Å². The minimum Gasteiger partial charge on any atom is -0.377 e. The van der Waals surface area contributed by atoms with Crippen LogP contribution in [0.3, 0.4) is 0 Å². The van der Waals surface area contributed by atoms with E-state index in [1.165, 1.54) is 90.1 Å². The molecule has 2 heteroatoms. The lowest BCUT2D eigenvalue weighted by molar-refractivity contribution is 0.475. The van der Waals surface area contributed by atoms with Gasteiger partial charge in [0.2, 0.25) is 0 Å². The average Bonchev–Trinajstić information content (AvgIpc) is 3.32. The number of rotatable bonds is 14. The number of ether oxygens (including phenoxy) is 1. The second kappa shape index (κ2) is 18.9. The molecule has 0 amide bonds. The normalized spacial score (nSPS) is 12.9. The third-order valence-corrected chi connectivity index (χ3v) is 3.62. The molecule has 20 heavy (non-hydrogen) atoms. The van der Waals surface area contributed by atoms with Gasteiger partial charge in [-0.05, 0) is 25.9 Å². The first kappa shape index (κ1) is 19.9. The summed E-state index contributed by atoms with van der Waals surface area (Å²) < 4.78 is 4.50. The quantitative estimate of drug-likeness (QED) is 0.345. The van der Waals surface area contributed by atoms with Crippen molar-refractivity contribution < 1.29 is 4.74 Å². The van der Waals surface area contributed by atoms with Crippen molar-refractivity contribution in [3.05, 3.63) is 0 Å². The molecule has 1 heterocycles. The Morgan fingerprint density at radius 1 is 0.600 bits per heavy atom. The summed E-state index contributed by atoms with van der Waals surface area (Å²) in [6, 6.07) is 0. The Morgan fingerprint density at radius 3 is 1.30 bits per heavy atom. The number of nitrogens with one attached hydrogen (secondary N) is 1. The van der Waals surface area contributed by atoms with E-state index in [1.54, 1.807) is 0 Å². The van der Waals surface area contributed by atoms with Gasteiger partial charge in [0, 0.05) is 0 Å². The fourth-order valence-corrected chi connectivity index (χ4v) is 2.19. The fourth-order valence-electron chi connectivity index (χ4n) is 2.19. The summed E-state index contributed by atoms with van der Waals surface area (Å²) in [5.41, 5.74) is 0. The van der Waals surface area contributed by atoms with E-state index in [0.29, 0.717) is 0 Å². The molecule has 1 aliphatic rings. The summed E-state index contributed by atoms with van der Waals surface area (Å²) in [7, 11) is 0.